The molecule has 1 aromatic rings. The Morgan fingerprint density at radius 2 is 2.05 bits per heavy atom. The Kier molecular flexibility index (Phi) is 4.19. The van der Waals surface area contributed by atoms with Crippen LogP contribution in [0.3, 0.4) is 0 Å². The van der Waals surface area contributed by atoms with Gasteiger partial charge < -0.3 is 16.0 Å². The SMILES string of the molecule is CN(C)c1nccc(NC2CCC(C(N)=O)CC2)n1. The van der Waals surface area contributed by atoms with Gasteiger partial charge in [0.15, 0.2) is 0 Å². The molecule has 0 bridgehead atoms. The fraction of sp³-hybridized carbons (Fsp3) is 0.615. The van der Waals surface area contributed by atoms with Crippen molar-refractivity contribution in [1.29, 1.82) is 0 Å². The molecule has 0 spiro atoms. The number of aromatic nitrogens is 2. The van der Waals surface area contributed by atoms with E-state index in [1.807, 2.05) is 25.1 Å². The van der Waals surface area contributed by atoms with E-state index in [1.54, 1.807) is 6.20 Å². The lowest BCUT2D eigenvalue weighted by Gasteiger charge is -2.27. The standard InChI is InChI=1S/C13H21N5O/c1-18(2)13-15-8-7-11(17-13)16-10-5-3-9(4-6-10)12(14)19/h7-10H,3-6H2,1-2H3,(H2,14,19)(H,15,16,17). The van der Waals surface area contributed by atoms with Gasteiger partial charge in [0.25, 0.3) is 0 Å². The molecule has 0 unspecified atom stereocenters. The molecule has 6 heteroatoms. The van der Waals surface area contributed by atoms with E-state index in [0.29, 0.717) is 12.0 Å². The average molecular weight is 263 g/mol. The second-order valence-electron chi connectivity index (χ2n) is 5.23. The first kappa shape index (κ1) is 13.6. The van der Waals surface area contributed by atoms with Crippen molar-refractivity contribution in [2.24, 2.45) is 11.7 Å². The van der Waals surface area contributed by atoms with E-state index in [0.717, 1.165) is 31.5 Å². The molecule has 1 fully saturated rings. The third kappa shape index (κ3) is 3.56. The molecule has 0 aromatic carbocycles. The van der Waals surface area contributed by atoms with Crippen LogP contribution in [-0.4, -0.2) is 36.0 Å². The summed E-state index contributed by atoms with van der Waals surface area (Å²) >= 11 is 0. The van der Waals surface area contributed by atoms with Crippen LogP contribution in [0.2, 0.25) is 0 Å². The number of carbonyl (C=O) groups is 1. The van der Waals surface area contributed by atoms with E-state index in [1.165, 1.54) is 0 Å². The van der Waals surface area contributed by atoms with Crippen LogP contribution < -0.4 is 16.0 Å². The average Bonchev–Trinajstić information content (AvgIpc) is 2.39. The van der Waals surface area contributed by atoms with E-state index < -0.39 is 0 Å². The fourth-order valence-corrected chi connectivity index (χ4v) is 2.38. The van der Waals surface area contributed by atoms with Crippen LogP contribution in [-0.2, 0) is 4.79 Å². The maximum Gasteiger partial charge on any atom is 0.226 e. The van der Waals surface area contributed by atoms with Crippen molar-refractivity contribution >= 4 is 17.7 Å². The number of amides is 1. The molecule has 0 saturated heterocycles. The molecular weight excluding hydrogens is 242 g/mol. The van der Waals surface area contributed by atoms with Crippen molar-refractivity contribution in [3.05, 3.63) is 12.3 Å². The van der Waals surface area contributed by atoms with Crippen molar-refractivity contribution in [1.82, 2.24) is 9.97 Å². The number of rotatable bonds is 4. The van der Waals surface area contributed by atoms with Gasteiger partial charge in [-0.05, 0) is 31.7 Å². The van der Waals surface area contributed by atoms with Gasteiger partial charge in [0.05, 0.1) is 0 Å². The van der Waals surface area contributed by atoms with E-state index in [9.17, 15) is 4.79 Å². The molecule has 3 N–H and O–H groups in total. The molecule has 1 aromatic heterocycles. The summed E-state index contributed by atoms with van der Waals surface area (Å²) in [5.41, 5.74) is 5.33. The van der Waals surface area contributed by atoms with Gasteiger partial charge in [-0.25, -0.2) is 4.98 Å². The molecule has 0 aliphatic heterocycles. The first-order valence-corrected chi connectivity index (χ1v) is 6.62. The second kappa shape index (κ2) is 5.86. The third-order valence-corrected chi connectivity index (χ3v) is 3.52. The zero-order valence-electron chi connectivity index (χ0n) is 11.5. The normalized spacial score (nSPS) is 22.8. The highest BCUT2D eigenvalue weighted by molar-refractivity contribution is 5.76. The van der Waals surface area contributed by atoms with Gasteiger partial charge in [-0.2, -0.15) is 4.98 Å². The van der Waals surface area contributed by atoms with Gasteiger partial charge in [-0.15, -0.1) is 0 Å². The minimum atomic E-state index is -0.171. The van der Waals surface area contributed by atoms with Crippen molar-refractivity contribution in [3.8, 4) is 0 Å². The van der Waals surface area contributed by atoms with E-state index in [2.05, 4.69) is 15.3 Å². The highest BCUT2D eigenvalue weighted by atomic mass is 16.1. The number of anilines is 2. The molecule has 104 valence electrons. The van der Waals surface area contributed by atoms with Crippen LogP contribution >= 0.6 is 0 Å². The topological polar surface area (TPSA) is 84.1 Å². The summed E-state index contributed by atoms with van der Waals surface area (Å²) in [6.07, 6.45) is 5.38. The quantitative estimate of drug-likeness (QED) is 0.846. The summed E-state index contributed by atoms with van der Waals surface area (Å²) in [7, 11) is 3.83. The molecular formula is C13H21N5O. The first-order chi connectivity index (χ1) is 9.06. The zero-order valence-corrected chi connectivity index (χ0v) is 11.5. The van der Waals surface area contributed by atoms with Crippen molar-refractivity contribution in [2.45, 2.75) is 31.7 Å². The second-order valence-corrected chi connectivity index (χ2v) is 5.23. The van der Waals surface area contributed by atoms with Gasteiger partial charge in [-0.1, -0.05) is 0 Å². The fourth-order valence-electron chi connectivity index (χ4n) is 2.38. The van der Waals surface area contributed by atoms with E-state index in [4.69, 9.17) is 5.73 Å². The van der Waals surface area contributed by atoms with Gasteiger partial charge in [0.2, 0.25) is 11.9 Å². The monoisotopic (exact) mass is 263 g/mol. The Morgan fingerprint density at radius 1 is 1.37 bits per heavy atom. The zero-order chi connectivity index (χ0) is 13.8. The Hall–Kier alpha value is -1.85. The predicted molar refractivity (Wildman–Crippen MR) is 74.9 cm³/mol. The van der Waals surface area contributed by atoms with Crippen LogP contribution in [0, 0.1) is 5.92 Å². The van der Waals surface area contributed by atoms with Crippen LogP contribution in [0.25, 0.3) is 0 Å². The van der Waals surface area contributed by atoms with Gasteiger partial charge in [0, 0.05) is 32.3 Å². The molecule has 1 saturated carbocycles. The van der Waals surface area contributed by atoms with Crippen LogP contribution in [0.1, 0.15) is 25.7 Å². The molecule has 6 nitrogen and oxygen atoms in total. The van der Waals surface area contributed by atoms with Crippen LogP contribution in [0.4, 0.5) is 11.8 Å². The van der Waals surface area contributed by atoms with Gasteiger partial charge >= 0.3 is 0 Å². The highest BCUT2D eigenvalue weighted by Gasteiger charge is 2.24. The Bertz CT molecular complexity index is 440. The molecule has 1 aliphatic rings. The Morgan fingerprint density at radius 3 is 2.63 bits per heavy atom. The van der Waals surface area contributed by atoms with Crippen molar-refractivity contribution in [3.63, 3.8) is 0 Å². The van der Waals surface area contributed by atoms with Gasteiger partial charge in [0.1, 0.15) is 5.82 Å². The molecule has 19 heavy (non-hydrogen) atoms. The van der Waals surface area contributed by atoms with E-state index in [-0.39, 0.29) is 11.8 Å². The number of primary amides is 1. The van der Waals surface area contributed by atoms with E-state index >= 15 is 0 Å². The summed E-state index contributed by atoms with van der Waals surface area (Å²) < 4.78 is 0. The predicted octanol–water partition coefficient (Wildman–Crippen LogP) is 0.999. The number of hydrogen-bond donors (Lipinski definition) is 2. The Balaban J connectivity index is 1.92. The summed E-state index contributed by atoms with van der Waals surface area (Å²) in [6, 6.07) is 2.23. The van der Waals surface area contributed by atoms with Gasteiger partial charge in [-0.3, -0.25) is 4.79 Å². The lowest BCUT2D eigenvalue weighted by atomic mass is 9.85. The van der Waals surface area contributed by atoms with Crippen molar-refractivity contribution in [2.75, 3.05) is 24.3 Å². The molecule has 1 amide bonds. The summed E-state index contributed by atoms with van der Waals surface area (Å²) in [6.45, 7) is 0. The lowest BCUT2D eigenvalue weighted by molar-refractivity contribution is -0.122. The summed E-state index contributed by atoms with van der Waals surface area (Å²) in [5.74, 6) is 1.40. The minimum absolute atomic E-state index is 0.0424. The molecule has 0 atom stereocenters. The maximum atomic E-state index is 11.1. The third-order valence-electron chi connectivity index (χ3n) is 3.52. The maximum absolute atomic E-state index is 11.1. The first-order valence-electron chi connectivity index (χ1n) is 6.62. The molecule has 0 radical (unpaired) electrons. The number of carbonyl (C=O) groups excluding carboxylic acids is 1. The smallest absolute Gasteiger partial charge is 0.226 e. The molecule has 2 rings (SSSR count). The largest absolute Gasteiger partial charge is 0.369 e. The lowest BCUT2D eigenvalue weighted by Crippen LogP contribution is -2.32. The summed E-state index contributed by atoms with van der Waals surface area (Å²) in [4.78, 5) is 21.6. The molecule has 1 aliphatic carbocycles. The van der Waals surface area contributed by atoms with Crippen LogP contribution in [0.5, 0.6) is 0 Å². The van der Waals surface area contributed by atoms with Crippen molar-refractivity contribution < 1.29 is 4.79 Å². The highest BCUT2D eigenvalue weighted by Crippen LogP contribution is 2.26. The Labute approximate surface area is 113 Å². The number of nitrogens with zero attached hydrogens (tertiary/aromatic N) is 3. The number of hydrogen-bond acceptors (Lipinski definition) is 5. The van der Waals surface area contributed by atoms with Crippen LogP contribution in [0.15, 0.2) is 12.3 Å². The number of nitrogens with two attached hydrogens (primary N) is 1. The summed E-state index contributed by atoms with van der Waals surface area (Å²) in [5, 5.41) is 3.41. The molecule has 1 heterocycles. The minimum Gasteiger partial charge on any atom is -0.369 e. The number of nitrogens with one attached hydrogen (secondary N) is 1.